The van der Waals surface area contributed by atoms with Gasteiger partial charge in [-0.15, -0.1) is 0 Å². The summed E-state index contributed by atoms with van der Waals surface area (Å²) in [5, 5.41) is 3.03. The van der Waals surface area contributed by atoms with Gasteiger partial charge in [0.25, 0.3) is 5.91 Å². The van der Waals surface area contributed by atoms with Gasteiger partial charge in [0.2, 0.25) is 0 Å². The summed E-state index contributed by atoms with van der Waals surface area (Å²) in [5.74, 6) is 0.464. The standard InChI is InChI=1S/C18H20BrNO2/c1-12-9-17(22-3)15(11-16(12)19)18(21)20-13(2)10-14-7-5-4-6-8-14/h4-9,11,13H,10H2,1-3H3,(H,20,21). The highest BCUT2D eigenvalue weighted by atomic mass is 79.9. The highest BCUT2D eigenvalue weighted by Crippen LogP contribution is 2.27. The van der Waals surface area contributed by atoms with E-state index in [4.69, 9.17) is 4.74 Å². The number of nitrogens with one attached hydrogen (secondary N) is 1. The number of hydrogen-bond donors (Lipinski definition) is 1. The van der Waals surface area contributed by atoms with E-state index in [0.717, 1.165) is 16.5 Å². The second-order valence-electron chi connectivity index (χ2n) is 5.37. The van der Waals surface area contributed by atoms with Crippen LogP contribution in [0.5, 0.6) is 5.75 Å². The molecule has 0 bridgehead atoms. The minimum atomic E-state index is -0.124. The highest BCUT2D eigenvalue weighted by molar-refractivity contribution is 9.10. The smallest absolute Gasteiger partial charge is 0.255 e. The van der Waals surface area contributed by atoms with E-state index in [2.05, 4.69) is 33.4 Å². The molecule has 1 unspecified atom stereocenters. The van der Waals surface area contributed by atoms with E-state index in [1.165, 1.54) is 5.56 Å². The minimum Gasteiger partial charge on any atom is -0.496 e. The summed E-state index contributed by atoms with van der Waals surface area (Å²) >= 11 is 3.46. The van der Waals surface area contributed by atoms with E-state index in [9.17, 15) is 4.79 Å². The molecule has 0 aliphatic heterocycles. The Morgan fingerprint density at radius 3 is 2.59 bits per heavy atom. The molecule has 0 aromatic heterocycles. The maximum absolute atomic E-state index is 12.5. The van der Waals surface area contributed by atoms with E-state index in [0.29, 0.717) is 11.3 Å². The molecule has 2 aromatic carbocycles. The molecule has 116 valence electrons. The van der Waals surface area contributed by atoms with E-state index in [-0.39, 0.29) is 11.9 Å². The number of rotatable bonds is 5. The van der Waals surface area contributed by atoms with Crippen molar-refractivity contribution in [2.75, 3.05) is 7.11 Å². The van der Waals surface area contributed by atoms with E-state index >= 15 is 0 Å². The number of carbonyl (C=O) groups is 1. The van der Waals surface area contributed by atoms with Gasteiger partial charge < -0.3 is 10.1 Å². The Morgan fingerprint density at radius 1 is 1.27 bits per heavy atom. The maximum Gasteiger partial charge on any atom is 0.255 e. The lowest BCUT2D eigenvalue weighted by Gasteiger charge is -2.16. The van der Waals surface area contributed by atoms with Crippen molar-refractivity contribution in [2.45, 2.75) is 26.3 Å². The predicted molar refractivity (Wildman–Crippen MR) is 92.5 cm³/mol. The van der Waals surface area contributed by atoms with Gasteiger partial charge in [0.15, 0.2) is 0 Å². The molecule has 0 aliphatic rings. The fourth-order valence-electron chi connectivity index (χ4n) is 2.32. The molecule has 2 rings (SSSR count). The average molecular weight is 362 g/mol. The number of ether oxygens (including phenoxy) is 1. The third kappa shape index (κ3) is 4.10. The molecule has 0 aliphatic carbocycles. The lowest BCUT2D eigenvalue weighted by atomic mass is 10.1. The van der Waals surface area contributed by atoms with Crippen LogP contribution in [0.1, 0.15) is 28.4 Å². The molecule has 0 spiro atoms. The summed E-state index contributed by atoms with van der Waals surface area (Å²) in [6, 6.07) is 13.8. The molecular formula is C18H20BrNO2. The lowest BCUT2D eigenvalue weighted by Crippen LogP contribution is -2.34. The van der Waals surface area contributed by atoms with Crippen LogP contribution in [0.3, 0.4) is 0 Å². The Labute approximate surface area is 139 Å². The zero-order valence-electron chi connectivity index (χ0n) is 13.0. The Bertz CT molecular complexity index is 656. The van der Waals surface area contributed by atoms with Crippen molar-refractivity contribution in [3.63, 3.8) is 0 Å². The minimum absolute atomic E-state index is 0.0414. The van der Waals surface area contributed by atoms with E-state index in [1.807, 2.05) is 38.1 Å². The Hall–Kier alpha value is -1.81. The van der Waals surface area contributed by atoms with Crippen LogP contribution in [0.4, 0.5) is 0 Å². The number of methoxy groups -OCH3 is 1. The zero-order valence-corrected chi connectivity index (χ0v) is 14.6. The number of aryl methyl sites for hydroxylation is 1. The van der Waals surface area contributed by atoms with Gasteiger partial charge >= 0.3 is 0 Å². The second-order valence-corrected chi connectivity index (χ2v) is 6.22. The topological polar surface area (TPSA) is 38.3 Å². The molecular weight excluding hydrogens is 342 g/mol. The number of amides is 1. The molecule has 1 atom stereocenters. The van der Waals surface area contributed by atoms with Crippen LogP contribution in [0.25, 0.3) is 0 Å². The van der Waals surface area contributed by atoms with Gasteiger partial charge in [0.1, 0.15) is 5.75 Å². The van der Waals surface area contributed by atoms with Gasteiger partial charge in [-0.3, -0.25) is 4.79 Å². The number of halogens is 1. The normalized spacial score (nSPS) is 11.8. The van der Waals surface area contributed by atoms with Crippen LogP contribution in [-0.4, -0.2) is 19.1 Å². The van der Waals surface area contributed by atoms with Crippen molar-refractivity contribution in [1.29, 1.82) is 0 Å². The summed E-state index contributed by atoms with van der Waals surface area (Å²) in [5.41, 5.74) is 2.78. The third-order valence-corrected chi connectivity index (χ3v) is 4.34. The third-order valence-electron chi connectivity index (χ3n) is 3.49. The first-order valence-corrected chi connectivity index (χ1v) is 7.99. The molecule has 0 radical (unpaired) electrons. The fourth-order valence-corrected chi connectivity index (χ4v) is 2.66. The van der Waals surface area contributed by atoms with Crippen molar-refractivity contribution >= 4 is 21.8 Å². The van der Waals surface area contributed by atoms with Gasteiger partial charge in [-0.2, -0.15) is 0 Å². The van der Waals surface area contributed by atoms with Crippen LogP contribution in [0, 0.1) is 6.92 Å². The van der Waals surface area contributed by atoms with Crippen molar-refractivity contribution in [3.05, 3.63) is 63.6 Å². The first-order valence-electron chi connectivity index (χ1n) is 7.20. The summed E-state index contributed by atoms with van der Waals surface area (Å²) < 4.78 is 6.22. The van der Waals surface area contributed by atoms with Gasteiger partial charge in [0.05, 0.1) is 12.7 Å². The molecule has 2 aromatic rings. The average Bonchev–Trinajstić information content (AvgIpc) is 2.50. The molecule has 0 saturated carbocycles. The van der Waals surface area contributed by atoms with Crippen molar-refractivity contribution in [1.82, 2.24) is 5.32 Å². The quantitative estimate of drug-likeness (QED) is 0.869. The van der Waals surface area contributed by atoms with Crippen molar-refractivity contribution in [3.8, 4) is 5.75 Å². The molecule has 3 nitrogen and oxygen atoms in total. The van der Waals surface area contributed by atoms with Crippen molar-refractivity contribution < 1.29 is 9.53 Å². The first kappa shape index (κ1) is 16.6. The van der Waals surface area contributed by atoms with E-state index < -0.39 is 0 Å². The maximum atomic E-state index is 12.5. The highest BCUT2D eigenvalue weighted by Gasteiger charge is 2.16. The van der Waals surface area contributed by atoms with Crippen LogP contribution in [0.15, 0.2) is 46.9 Å². The Kier molecular flexibility index (Phi) is 5.61. The monoisotopic (exact) mass is 361 g/mol. The SMILES string of the molecule is COc1cc(C)c(Br)cc1C(=O)NC(C)Cc1ccccc1. The van der Waals surface area contributed by atoms with Crippen molar-refractivity contribution in [2.24, 2.45) is 0 Å². The predicted octanol–water partition coefficient (Wildman–Crippen LogP) is 4.13. The van der Waals surface area contributed by atoms with Crippen LogP contribution in [-0.2, 0) is 6.42 Å². The van der Waals surface area contributed by atoms with Gasteiger partial charge in [0, 0.05) is 10.5 Å². The second kappa shape index (κ2) is 7.45. The van der Waals surface area contributed by atoms with Gasteiger partial charge in [-0.05, 0) is 43.5 Å². The van der Waals surface area contributed by atoms with Gasteiger partial charge in [-0.1, -0.05) is 46.3 Å². The summed E-state index contributed by atoms with van der Waals surface area (Å²) in [6.45, 7) is 3.97. The molecule has 4 heteroatoms. The summed E-state index contributed by atoms with van der Waals surface area (Å²) in [4.78, 5) is 12.5. The molecule has 0 saturated heterocycles. The zero-order chi connectivity index (χ0) is 16.1. The largest absolute Gasteiger partial charge is 0.496 e. The molecule has 0 heterocycles. The summed E-state index contributed by atoms with van der Waals surface area (Å²) in [6.07, 6.45) is 0.794. The summed E-state index contributed by atoms with van der Waals surface area (Å²) in [7, 11) is 1.58. The number of benzene rings is 2. The number of hydrogen-bond acceptors (Lipinski definition) is 2. The fraction of sp³-hybridized carbons (Fsp3) is 0.278. The van der Waals surface area contributed by atoms with Crippen LogP contribution >= 0.6 is 15.9 Å². The molecule has 1 N–H and O–H groups in total. The lowest BCUT2D eigenvalue weighted by molar-refractivity contribution is 0.0937. The Balaban J connectivity index is 2.10. The molecule has 0 fully saturated rings. The Morgan fingerprint density at radius 2 is 1.95 bits per heavy atom. The van der Waals surface area contributed by atoms with Gasteiger partial charge in [-0.25, -0.2) is 0 Å². The van der Waals surface area contributed by atoms with E-state index in [1.54, 1.807) is 13.2 Å². The van der Waals surface area contributed by atoms with Crippen LogP contribution < -0.4 is 10.1 Å². The van der Waals surface area contributed by atoms with Crippen LogP contribution in [0.2, 0.25) is 0 Å². The number of carbonyl (C=O) groups excluding carboxylic acids is 1. The molecule has 22 heavy (non-hydrogen) atoms. The molecule has 1 amide bonds. The first-order chi connectivity index (χ1) is 10.5.